The number of hydrogen-bond donors (Lipinski definition) is 1. The van der Waals surface area contributed by atoms with Crippen LogP contribution in [0.1, 0.15) is 26.5 Å². The van der Waals surface area contributed by atoms with Crippen molar-refractivity contribution in [2.75, 3.05) is 0 Å². The van der Waals surface area contributed by atoms with Crippen molar-refractivity contribution in [1.82, 2.24) is 9.78 Å². The summed E-state index contributed by atoms with van der Waals surface area (Å²) in [4.78, 5) is 0. The van der Waals surface area contributed by atoms with Gasteiger partial charge in [0.15, 0.2) is 5.75 Å². The van der Waals surface area contributed by atoms with Gasteiger partial charge in [-0.25, -0.2) is 0 Å². The minimum absolute atomic E-state index is 0.323. The minimum atomic E-state index is 0.323. The molecule has 1 heterocycles. The predicted molar refractivity (Wildman–Crippen MR) is 73.5 cm³/mol. The summed E-state index contributed by atoms with van der Waals surface area (Å²) >= 11 is 0. The molecular weight excluding hydrogens is 224 g/mol. The zero-order chi connectivity index (χ0) is 13.1. The first-order valence-corrected chi connectivity index (χ1v) is 6.47. The lowest BCUT2D eigenvalue weighted by atomic mass is 10.1. The molecular formula is C15H20N2O. The average Bonchev–Trinajstić information content (AvgIpc) is 2.66. The smallest absolute Gasteiger partial charge is 0.164 e. The first-order chi connectivity index (χ1) is 8.63. The van der Waals surface area contributed by atoms with Crippen LogP contribution in [0, 0.1) is 5.92 Å². The van der Waals surface area contributed by atoms with Crippen molar-refractivity contribution in [3.63, 3.8) is 0 Å². The lowest BCUT2D eigenvalue weighted by Crippen LogP contribution is -2.09. The minimum Gasteiger partial charge on any atom is -0.504 e. The van der Waals surface area contributed by atoms with Crippen LogP contribution in [0.2, 0.25) is 0 Å². The van der Waals surface area contributed by atoms with Crippen molar-refractivity contribution in [3.05, 3.63) is 36.0 Å². The van der Waals surface area contributed by atoms with Crippen LogP contribution in [-0.4, -0.2) is 14.9 Å². The second kappa shape index (κ2) is 5.25. The molecule has 2 rings (SSSR count). The molecule has 96 valence electrons. The molecule has 0 fully saturated rings. The fourth-order valence-corrected chi connectivity index (χ4v) is 2.12. The van der Waals surface area contributed by atoms with Gasteiger partial charge in [0, 0.05) is 12.1 Å². The van der Waals surface area contributed by atoms with E-state index in [0.29, 0.717) is 17.4 Å². The molecule has 0 atom stereocenters. The maximum absolute atomic E-state index is 10.3. The SMILES string of the molecule is CCc1c(O)c(-c2ccccc2)nn1CC(C)C. The van der Waals surface area contributed by atoms with Crippen molar-refractivity contribution < 1.29 is 5.11 Å². The van der Waals surface area contributed by atoms with Gasteiger partial charge < -0.3 is 5.11 Å². The Hall–Kier alpha value is -1.77. The number of hydrogen-bond acceptors (Lipinski definition) is 2. The van der Waals surface area contributed by atoms with Gasteiger partial charge in [0.25, 0.3) is 0 Å². The fourth-order valence-electron chi connectivity index (χ4n) is 2.12. The molecule has 0 bridgehead atoms. The van der Waals surface area contributed by atoms with E-state index >= 15 is 0 Å². The molecule has 1 N–H and O–H groups in total. The highest BCUT2D eigenvalue weighted by molar-refractivity contribution is 5.67. The summed E-state index contributed by atoms with van der Waals surface area (Å²) in [5, 5.41) is 14.9. The maximum atomic E-state index is 10.3. The molecule has 3 nitrogen and oxygen atoms in total. The van der Waals surface area contributed by atoms with Crippen LogP contribution in [0.4, 0.5) is 0 Å². The summed E-state index contributed by atoms with van der Waals surface area (Å²) in [6, 6.07) is 9.83. The molecule has 1 aromatic carbocycles. The van der Waals surface area contributed by atoms with Crippen LogP contribution in [-0.2, 0) is 13.0 Å². The predicted octanol–water partition coefficient (Wildman–Crippen LogP) is 3.47. The summed E-state index contributed by atoms with van der Waals surface area (Å²) < 4.78 is 1.93. The lowest BCUT2D eigenvalue weighted by Gasteiger charge is -2.07. The van der Waals surface area contributed by atoms with E-state index < -0.39 is 0 Å². The first-order valence-electron chi connectivity index (χ1n) is 6.47. The van der Waals surface area contributed by atoms with E-state index in [0.717, 1.165) is 24.2 Å². The molecule has 2 aromatic rings. The first kappa shape index (κ1) is 12.7. The molecule has 0 unspecified atom stereocenters. The van der Waals surface area contributed by atoms with Crippen molar-refractivity contribution in [2.45, 2.75) is 33.7 Å². The standard InChI is InChI=1S/C15H20N2O/c1-4-13-15(18)14(12-8-6-5-7-9-12)16-17(13)10-11(2)3/h5-9,11,18H,4,10H2,1-3H3. The third kappa shape index (κ3) is 2.40. The highest BCUT2D eigenvalue weighted by Gasteiger charge is 2.17. The number of aromatic nitrogens is 2. The Labute approximate surface area is 108 Å². The van der Waals surface area contributed by atoms with E-state index in [-0.39, 0.29) is 0 Å². The van der Waals surface area contributed by atoms with Crippen LogP contribution < -0.4 is 0 Å². The van der Waals surface area contributed by atoms with Gasteiger partial charge in [-0.15, -0.1) is 0 Å². The van der Waals surface area contributed by atoms with Crippen molar-refractivity contribution in [3.8, 4) is 17.0 Å². The van der Waals surface area contributed by atoms with E-state index in [9.17, 15) is 5.11 Å². The van der Waals surface area contributed by atoms with Gasteiger partial charge in [0.1, 0.15) is 5.69 Å². The average molecular weight is 244 g/mol. The third-order valence-electron chi connectivity index (χ3n) is 2.95. The van der Waals surface area contributed by atoms with Gasteiger partial charge in [-0.1, -0.05) is 51.1 Å². The van der Waals surface area contributed by atoms with Gasteiger partial charge >= 0.3 is 0 Å². The van der Waals surface area contributed by atoms with Crippen LogP contribution >= 0.6 is 0 Å². The molecule has 0 radical (unpaired) electrons. The molecule has 0 spiro atoms. The molecule has 0 aliphatic rings. The Balaban J connectivity index is 2.47. The summed E-state index contributed by atoms with van der Waals surface area (Å²) in [7, 11) is 0. The van der Waals surface area contributed by atoms with Gasteiger partial charge in [0.05, 0.1) is 5.69 Å². The molecule has 3 heteroatoms. The molecule has 0 amide bonds. The quantitative estimate of drug-likeness (QED) is 0.894. The topological polar surface area (TPSA) is 38.1 Å². The third-order valence-corrected chi connectivity index (χ3v) is 2.95. The van der Waals surface area contributed by atoms with E-state index in [2.05, 4.69) is 18.9 Å². The Morgan fingerprint density at radius 1 is 1.22 bits per heavy atom. The van der Waals surface area contributed by atoms with E-state index in [1.165, 1.54) is 0 Å². The highest BCUT2D eigenvalue weighted by Crippen LogP contribution is 2.31. The molecule has 0 aliphatic heterocycles. The lowest BCUT2D eigenvalue weighted by molar-refractivity contribution is 0.446. The second-order valence-electron chi connectivity index (χ2n) is 4.94. The second-order valence-corrected chi connectivity index (χ2v) is 4.94. The zero-order valence-electron chi connectivity index (χ0n) is 11.2. The normalized spacial score (nSPS) is 11.1. The monoisotopic (exact) mass is 244 g/mol. The van der Waals surface area contributed by atoms with Crippen LogP contribution in [0.5, 0.6) is 5.75 Å². The Kier molecular flexibility index (Phi) is 3.70. The van der Waals surface area contributed by atoms with Crippen molar-refractivity contribution in [2.24, 2.45) is 5.92 Å². The van der Waals surface area contributed by atoms with Crippen LogP contribution in [0.25, 0.3) is 11.3 Å². The summed E-state index contributed by atoms with van der Waals surface area (Å²) in [6.07, 6.45) is 0.790. The van der Waals surface area contributed by atoms with Crippen LogP contribution in [0.15, 0.2) is 30.3 Å². The fraction of sp³-hybridized carbons (Fsp3) is 0.400. The molecule has 0 aliphatic carbocycles. The van der Waals surface area contributed by atoms with Gasteiger partial charge in [-0.2, -0.15) is 5.10 Å². The van der Waals surface area contributed by atoms with Crippen molar-refractivity contribution in [1.29, 1.82) is 0 Å². The van der Waals surface area contributed by atoms with Gasteiger partial charge in [0.2, 0.25) is 0 Å². The number of aromatic hydroxyl groups is 1. The Morgan fingerprint density at radius 3 is 2.44 bits per heavy atom. The highest BCUT2D eigenvalue weighted by atomic mass is 16.3. The molecule has 0 saturated heterocycles. The molecule has 18 heavy (non-hydrogen) atoms. The maximum Gasteiger partial charge on any atom is 0.164 e. The Morgan fingerprint density at radius 2 is 1.89 bits per heavy atom. The molecule has 0 saturated carbocycles. The zero-order valence-corrected chi connectivity index (χ0v) is 11.2. The largest absolute Gasteiger partial charge is 0.504 e. The van der Waals surface area contributed by atoms with Crippen LogP contribution in [0.3, 0.4) is 0 Å². The van der Waals surface area contributed by atoms with Crippen molar-refractivity contribution >= 4 is 0 Å². The van der Waals surface area contributed by atoms with Gasteiger partial charge in [-0.05, 0) is 12.3 Å². The molecule has 1 aromatic heterocycles. The summed E-state index contributed by atoms with van der Waals surface area (Å²) in [5.74, 6) is 0.836. The van der Waals surface area contributed by atoms with Gasteiger partial charge in [-0.3, -0.25) is 4.68 Å². The van der Waals surface area contributed by atoms with E-state index in [1.54, 1.807) is 0 Å². The number of benzene rings is 1. The van der Waals surface area contributed by atoms with E-state index in [1.807, 2.05) is 41.9 Å². The number of rotatable bonds is 4. The Bertz CT molecular complexity index is 515. The summed E-state index contributed by atoms with van der Waals surface area (Å²) in [5.41, 5.74) is 2.57. The number of nitrogens with zero attached hydrogens (tertiary/aromatic N) is 2. The summed E-state index contributed by atoms with van der Waals surface area (Å²) in [6.45, 7) is 7.19. The van der Waals surface area contributed by atoms with E-state index in [4.69, 9.17) is 0 Å².